The Balaban J connectivity index is 5.04. The van der Waals surface area contributed by atoms with Gasteiger partial charge in [0.2, 0.25) is 0 Å². The maximum absolute atomic E-state index is 12.7. The van der Waals surface area contributed by atoms with Crippen LogP contribution >= 0.6 is 15.6 Å². The molecule has 0 aromatic rings. The molecule has 0 aliphatic rings. The Hall–Kier alpha value is -2.20. The summed E-state index contributed by atoms with van der Waals surface area (Å²) in [6.45, 7) is 4.28. The summed E-state index contributed by atoms with van der Waals surface area (Å²) in [5.74, 6) is -2.23. The van der Waals surface area contributed by atoms with Gasteiger partial charge in [0.15, 0.2) is 12.2 Å². The van der Waals surface area contributed by atoms with Crippen LogP contribution in [0.1, 0.15) is 201 Å². The van der Waals surface area contributed by atoms with Crippen molar-refractivity contribution in [3.63, 3.8) is 0 Å². The SMILES string of the molecule is CCCCC/C=C/CCCCCCCC(=O)OC[C@H](COP(=O)(O)OC[C@H](O)COP(=O)(O)OC[C@@H](COC(=O)CCCC)OC(=O)CCCCCCC)OC(=O)CCCCCCCC. The van der Waals surface area contributed by atoms with Crippen molar-refractivity contribution in [1.82, 2.24) is 0 Å². The first-order chi connectivity index (χ1) is 31.2. The third kappa shape index (κ3) is 41.7. The van der Waals surface area contributed by atoms with Gasteiger partial charge in [0.25, 0.3) is 0 Å². The third-order valence-corrected chi connectivity index (χ3v) is 11.9. The number of esters is 4. The molecular weight excluding hydrogens is 886 g/mol. The van der Waals surface area contributed by atoms with E-state index in [0.29, 0.717) is 25.7 Å². The summed E-state index contributed by atoms with van der Waals surface area (Å²) in [4.78, 5) is 70.2. The van der Waals surface area contributed by atoms with Gasteiger partial charge in [-0.2, -0.15) is 0 Å². The number of ether oxygens (including phenoxy) is 4. The second kappa shape index (κ2) is 41.9. The van der Waals surface area contributed by atoms with Crippen LogP contribution in [-0.2, 0) is 65.4 Å². The Kier molecular flexibility index (Phi) is 40.5. The molecule has 0 amide bonds. The molecule has 2 unspecified atom stereocenters. The second-order valence-corrected chi connectivity index (χ2v) is 19.3. The van der Waals surface area contributed by atoms with Crippen LogP contribution in [0, 0.1) is 0 Å². The van der Waals surface area contributed by atoms with Gasteiger partial charge in [-0.1, -0.05) is 136 Å². The molecule has 0 spiro atoms. The minimum absolute atomic E-state index is 0.0958. The molecule has 0 fully saturated rings. The average Bonchev–Trinajstić information content (AvgIpc) is 3.27. The lowest BCUT2D eigenvalue weighted by atomic mass is 10.1. The molecule has 0 rings (SSSR count). The topological polar surface area (TPSA) is 237 Å². The van der Waals surface area contributed by atoms with Crippen LogP contribution in [0.3, 0.4) is 0 Å². The monoisotopic (exact) mass is 973 g/mol. The van der Waals surface area contributed by atoms with Crippen LogP contribution in [-0.4, -0.2) is 96.7 Å². The molecule has 0 radical (unpaired) electrons. The Bertz CT molecular complexity index is 1350. The van der Waals surface area contributed by atoms with E-state index in [0.717, 1.165) is 103 Å². The average molecular weight is 973 g/mol. The molecule has 0 saturated carbocycles. The smallest absolute Gasteiger partial charge is 0.462 e. The number of aliphatic hydroxyl groups excluding tert-OH is 1. The van der Waals surface area contributed by atoms with Gasteiger partial charge in [0.05, 0.1) is 26.4 Å². The fraction of sp³-hybridized carbons (Fsp3) is 0.870. The van der Waals surface area contributed by atoms with Gasteiger partial charge in [-0.05, 0) is 51.4 Å². The van der Waals surface area contributed by atoms with Crippen LogP contribution in [0.25, 0.3) is 0 Å². The summed E-state index contributed by atoms with van der Waals surface area (Å²) < 4.78 is 66.3. The lowest BCUT2D eigenvalue weighted by Crippen LogP contribution is -2.30. The summed E-state index contributed by atoms with van der Waals surface area (Å²) in [6.07, 6.45) is 22.7. The summed E-state index contributed by atoms with van der Waals surface area (Å²) >= 11 is 0. The summed E-state index contributed by atoms with van der Waals surface area (Å²) in [6, 6.07) is 0. The van der Waals surface area contributed by atoms with E-state index < -0.39 is 97.5 Å². The summed E-state index contributed by atoms with van der Waals surface area (Å²) in [5, 5.41) is 10.3. The van der Waals surface area contributed by atoms with Gasteiger partial charge in [-0.25, -0.2) is 9.13 Å². The fourth-order valence-corrected chi connectivity index (χ4v) is 7.71. The Morgan fingerprint density at radius 1 is 0.415 bits per heavy atom. The van der Waals surface area contributed by atoms with Crippen LogP contribution in [0.2, 0.25) is 0 Å². The molecule has 0 aromatic heterocycles. The molecule has 3 N–H and O–H groups in total. The minimum Gasteiger partial charge on any atom is -0.462 e. The van der Waals surface area contributed by atoms with E-state index in [1.807, 2.05) is 6.92 Å². The van der Waals surface area contributed by atoms with Crippen LogP contribution in [0.4, 0.5) is 0 Å². The number of allylic oxidation sites excluding steroid dienone is 2. The van der Waals surface area contributed by atoms with Crippen LogP contribution < -0.4 is 0 Å². The lowest BCUT2D eigenvalue weighted by Gasteiger charge is -2.21. The molecule has 0 heterocycles. The van der Waals surface area contributed by atoms with Crippen molar-refractivity contribution < 1.29 is 80.2 Å². The van der Waals surface area contributed by atoms with Gasteiger partial charge in [0.1, 0.15) is 19.3 Å². The fourth-order valence-electron chi connectivity index (χ4n) is 6.13. The lowest BCUT2D eigenvalue weighted by molar-refractivity contribution is -0.161. The van der Waals surface area contributed by atoms with Crippen molar-refractivity contribution in [1.29, 1.82) is 0 Å². The first-order valence-corrected chi connectivity index (χ1v) is 27.4. The number of carbonyl (C=O) groups excluding carboxylic acids is 4. The van der Waals surface area contributed by atoms with Gasteiger partial charge in [-0.3, -0.25) is 37.3 Å². The van der Waals surface area contributed by atoms with Crippen molar-refractivity contribution >= 4 is 39.5 Å². The van der Waals surface area contributed by atoms with E-state index in [2.05, 4.69) is 32.9 Å². The predicted octanol–water partition coefficient (Wildman–Crippen LogP) is 10.7. The van der Waals surface area contributed by atoms with E-state index in [-0.39, 0.29) is 25.7 Å². The van der Waals surface area contributed by atoms with Crippen molar-refractivity contribution in [3.8, 4) is 0 Å². The second-order valence-electron chi connectivity index (χ2n) is 16.4. The zero-order valence-electron chi connectivity index (χ0n) is 40.2. The van der Waals surface area contributed by atoms with Crippen molar-refractivity contribution in [2.45, 2.75) is 219 Å². The van der Waals surface area contributed by atoms with Crippen molar-refractivity contribution in [2.75, 3.05) is 39.6 Å². The van der Waals surface area contributed by atoms with Crippen LogP contribution in [0.5, 0.6) is 0 Å². The van der Waals surface area contributed by atoms with Crippen LogP contribution in [0.15, 0.2) is 12.2 Å². The number of carbonyl (C=O) groups is 4. The van der Waals surface area contributed by atoms with E-state index in [4.69, 9.17) is 37.0 Å². The largest absolute Gasteiger partial charge is 0.472 e. The molecule has 0 saturated heterocycles. The first-order valence-electron chi connectivity index (χ1n) is 24.4. The minimum atomic E-state index is -4.92. The molecular formula is C46H86O17P2. The number of rotatable bonds is 46. The molecule has 65 heavy (non-hydrogen) atoms. The third-order valence-electron chi connectivity index (χ3n) is 10.0. The van der Waals surface area contributed by atoms with E-state index in [1.54, 1.807) is 0 Å². The predicted molar refractivity (Wildman–Crippen MR) is 248 cm³/mol. The van der Waals surface area contributed by atoms with Gasteiger partial charge >= 0.3 is 39.5 Å². The van der Waals surface area contributed by atoms with Gasteiger partial charge in [0, 0.05) is 25.7 Å². The number of hydrogen-bond acceptors (Lipinski definition) is 15. The Labute approximate surface area is 390 Å². The molecule has 0 aliphatic heterocycles. The molecule has 17 nitrogen and oxygen atoms in total. The molecule has 0 aromatic carbocycles. The van der Waals surface area contributed by atoms with Crippen molar-refractivity contribution in [3.05, 3.63) is 12.2 Å². The molecule has 382 valence electrons. The van der Waals surface area contributed by atoms with E-state index >= 15 is 0 Å². The van der Waals surface area contributed by atoms with E-state index in [9.17, 15) is 43.2 Å². The Morgan fingerprint density at radius 3 is 1.14 bits per heavy atom. The summed E-state index contributed by atoms with van der Waals surface area (Å²) in [5.41, 5.74) is 0. The first kappa shape index (κ1) is 62.8. The zero-order valence-corrected chi connectivity index (χ0v) is 42.0. The number of phosphoric ester groups is 2. The van der Waals surface area contributed by atoms with Gasteiger partial charge < -0.3 is 33.8 Å². The quantitative estimate of drug-likeness (QED) is 0.0169. The number of phosphoric acid groups is 2. The molecule has 0 aliphatic carbocycles. The number of hydrogen-bond donors (Lipinski definition) is 3. The highest BCUT2D eigenvalue weighted by atomic mass is 31.2. The van der Waals surface area contributed by atoms with E-state index in [1.165, 1.54) is 19.3 Å². The standard InChI is InChI=1S/C46H86O17P2/c1-5-9-13-16-18-19-20-21-22-23-26-27-31-44(49)57-37-42(63-46(51)33-29-25-17-14-10-6-2)39-61-65(54,55)59-35-40(47)34-58-64(52,53)60-38-41(36-56-43(48)30-12-8-4)62-45(50)32-28-24-15-11-7-3/h18-19,40-42,47H,5-17,20-39H2,1-4H3,(H,52,53)(H,54,55)/b19-18+/t40-,41-,42-/m1/s1. The summed E-state index contributed by atoms with van der Waals surface area (Å²) in [7, 11) is -9.82. The zero-order chi connectivity index (χ0) is 48.4. The maximum Gasteiger partial charge on any atom is 0.472 e. The van der Waals surface area contributed by atoms with Gasteiger partial charge in [-0.15, -0.1) is 0 Å². The highest BCUT2D eigenvalue weighted by Gasteiger charge is 2.30. The number of unbranched alkanes of at least 4 members (excludes halogenated alkanes) is 18. The van der Waals surface area contributed by atoms with Crippen molar-refractivity contribution in [2.24, 2.45) is 0 Å². The highest BCUT2D eigenvalue weighted by Crippen LogP contribution is 2.45. The maximum atomic E-state index is 12.7. The number of aliphatic hydroxyl groups is 1. The Morgan fingerprint density at radius 2 is 0.723 bits per heavy atom. The molecule has 19 heteroatoms. The highest BCUT2D eigenvalue weighted by molar-refractivity contribution is 7.47. The normalized spacial score (nSPS) is 14.9. The molecule has 0 bridgehead atoms. The molecule has 5 atom stereocenters.